The van der Waals surface area contributed by atoms with Crippen molar-refractivity contribution in [1.82, 2.24) is 4.98 Å². The number of anilines is 3. The lowest BCUT2D eigenvalue weighted by molar-refractivity contribution is 0.670. The van der Waals surface area contributed by atoms with E-state index in [-0.39, 0.29) is 0 Å². The SMILES string of the molecule is c1ccc(-c2ccc(N(c3ccc(-c4ccc5c(c4)C4(c6ccccc6-c6ccccc64)c4ccncc4-5)cc3)c3ccc(-c4cccc5c4oc4ccccc45)c(-c4ccccc4)c3)cc2)cc1. The van der Waals surface area contributed by atoms with Gasteiger partial charge in [0.05, 0.1) is 5.41 Å². The fraction of sp³-hybridized carbons (Fsp3) is 0.0152. The van der Waals surface area contributed by atoms with Crippen LogP contribution >= 0.6 is 0 Å². The van der Waals surface area contributed by atoms with E-state index in [0.717, 1.165) is 66.8 Å². The van der Waals surface area contributed by atoms with Crippen LogP contribution < -0.4 is 4.90 Å². The molecule has 322 valence electrons. The van der Waals surface area contributed by atoms with Gasteiger partial charge in [-0.2, -0.15) is 0 Å². The van der Waals surface area contributed by atoms with E-state index in [1.807, 2.05) is 12.3 Å². The number of hydrogen-bond acceptors (Lipinski definition) is 3. The molecule has 0 saturated heterocycles. The highest BCUT2D eigenvalue weighted by molar-refractivity contribution is 6.11. The number of fused-ring (bicyclic) bond motifs is 13. The number of pyridine rings is 1. The Morgan fingerprint density at radius 1 is 0.319 bits per heavy atom. The van der Waals surface area contributed by atoms with Gasteiger partial charge in [-0.25, -0.2) is 0 Å². The number of hydrogen-bond donors (Lipinski definition) is 0. The number of furan rings is 1. The highest BCUT2D eigenvalue weighted by Gasteiger charge is 2.51. The Hall–Kier alpha value is -9.05. The molecule has 0 atom stereocenters. The predicted octanol–water partition coefficient (Wildman–Crippen LogP) is 17.5. The van der Waals surface area contributed by atoms with Crippen molar-refractivity contribution in [3.8, 4) is 66.8 Å². The average Bonchev–Trinajstić information content (AvgIpc) is 4.06. The first-order valence-corrected chi connectivity index (χ1v) is 23.7. The molecule has 14 rings (SSSR count). The topological polar surface area (TPSA) is 29.3 Å². The van der Waals surface area contributed by atoms with Crippen LogP contribution in [-0.2, 0) is 5.41 Å². The van der Waals surface area contributed by atoms with Crippen LogP contribution in [0, 0.1) is 0 Å². The van der Waals surface area contributed by atoms with Crippen LogP contribution in [-0.4, -0.2) is 4.98 Å². The first-order valence-electron chi connectivity index (χ1n) is 23.7. The molecule has 0 amide bonds. The van der Waals surface area contributed by atoms with Crippen molar-refractivity contribution in [3.63, 3.8) is 0 Å². The maximum atomic E-state index is 6.63. The van der Waals surface area contributed by atoms with Crippen LogP contribution in [0.1, 0.15) is 22.3 Å². The first-order chi connectivity index (χ1) is 34.2. The molecule has 0 saturated carbocycles. The predicted molar refractivity (Wildman–Crippen MR) is 284 cm³/mol. The van der Waals surface area contributed by atoms with Crippen LogP contribution in [0.5, 0.6) is 0 Å². The molecule has 0 fully saturated rings. The Bertz CT molecular complexity index is 3880. The molecule has 0 bridgehead atoms. The van der Waals surface area contributed by atoms with Gasteiger partial charge in [-0.3, -0.25) is 4.98 Å². The summed E-state index contributed by atoms with van der Waals surface area (Å²) in [6.45, 7) is 0. The van der Waals surface area contributed by atoms with Crippen molar-refractivity contribution in [2.24, 2.45) is 0 Å². The minimum Gasteiger partial charge on any atom is -0.455 e. The van der Waals surface area contributed by atoms with Gasteiger partial charge in [0.1, 0.15) is 11.2 Å². The summed E-state index contributed by atoms with van der Waals surface area (Å²) in [6.07, 6.45) is 4.00. The van der Waals surface area contributed by atoms with E-state index in [4.69, 9.17) is 4.42 Å². The van der Waals surface area contributed by atoms with E-state index in [0.29, 0.717) is 0 Å². The summed E-state index contributed by atoms with van der Waals surface area (Å²) in [4.78, 5) is 7.03. The van der Waals surface area contributed by atoms with Gasteiger partial charge in [0.2, 0.25) is 0 Å². The fourth-order valence-electron chi connectivity index (χ4n) is 11.6. The minimum atomic E-state index is -0.433. The summed E-state index contributed by atoms with van der Waals surface area (Å²) >= 11 is 0. The summed E-state index contributed by atoms with van der Waals surface area (Å²) in [5.41, 5.74) is 24.0. The number of para-hydroxylation sites is 2. The summed E-state index contributed by atoms with van der Waals surface area (Å²) in [5.74, 6) is 0. The second kappa shape index (κ2) is 15.5. The maximum absolute atomic E-state index is 6.63. The number of aromatic nitrogens is 1. The molecule has 3 heteroatoms. The molecule has 1 spiro atoms. The maximum Gasteiger partial charge on any atom is 0.143 e. The Balaban J connectivity index is 0.914. The number of rotatable bonds is 7. The number of nitrogens with zero attached hydrogens (tertiary/aromatic N) is 2. The van der Waals surface area contributed by atoms with E-state index in [2.05, 4.69) is 253 Å². The van der Waals surface area contributed by atoms with E-state index >= 15 is 0 Å². The van der Waals surface area contributed by atoms with Crippen LogP contribution in [0.4, 0.5) is 17.1 Å². The molecule has 2 aliphatic rings. The lowest BCUT2D eigenvalue weighted by atomic mass is 9.70. The molecule has 10 aromatic carbocycles. The van der Waals surface area contributed by atoms with Crippen molar-refractivity contribution < 1.29 is 4.42 Å². The summed E-state index contributed by atoms with van der Waals surface area (Å²) < 4.78 is 6.63. The lowest BCUT2D eigenvalue weighted by Gasteiger charge is -2.30. The van der Waals surface area contributed by atoms with Gasteiger partial charge in [-0.15, -0.1) is 0 Å². The van der Waals surface area contributed by atoms with Gasteiger partial charge >= 0.3 is 0 Å². The number of benzene rings is 10. The van der Waals surface area contributed by atoms with Crippen molar-refractivity contribution in [2.75, 3.05) is 4.90 Å². The normalized spacial score (nSPS) is 12.8. The van der Waals surface area contributed by atoms with E-state index in [1.54, 1.807) is 0 Å². The third kappa shape index (κ3) is 5.97. The van der Waals surface area contributed by atoms with Gasteiger partial charge in [0.15, 0.2) is 0 Å². The van der Waals surface area contributed by atoms with Crippen molar-refractivity contribution in [2.45, 2.75) is 5.41 Å². The van der Waals surface area contributed by atoms with Crippen molar-refractivity contribution >= 4 is 39.0 Å². The largest absolute Gasteiger partial charge is 0.455 e. The molecule has 0 radical (unpaired) electrons. The summed E-state index contributed by atoms with van der Waals surface area (Å²) in [5, 5.41) is 2.24. The zero-order valence-corrected chi connectivity index (χ0v) is 37.6. The zero-order chi connectivity index (χ0) is 45.5. The van der Waals surface area contributed by atoms with Crippen LogP contribution in [0.3, 0.4) is 0 Å². The molecule has 0 unspecified atom stereocenters. The van der Waals surface area contributed by atoms with Gasteiger partial charge in [0, 0.05) is 51.4 Å². The highest BCUT2D eigenvalue weighted by atomic mass is 16.3. The minimum absolute atomic E-state index is 0.433. The van der Waals surface area contributed by atoms with E-state index in [9.17, 15) is 0 Å². The Labute approximate surface area is 400 Å². The van der Waals surface area contributed by atoms with Crippen LogP contribution in [0.25, 0.3) is 88.7 Å². The molecule has 2 heterocycles. The third-order valence-corrected chi connectivity index (χ3v) is 14.6. The van der Waals surface area contributed by atoms with Gasteiger partial charge < -0.3 is 9.32 Å². The second-order valence-corrected chi connectivity index (χ2v) is 18.2. The van der Waals surface area contributed by atoms with Crippen LogP contribution in [0.2, 0.25) is 0 Å². The molecule has 2 aromatic heterocycles. The quantitative estimate of drug-likeness (QED) is 0.160. The molecular formula is C66H42N2O. The molecule has 0 N–H and O–H groups in total. The van der Waals surface area contributed by atoms with Crippen LogP contribution in [0.15, 0.2) is 259 Å². The standard InChI is InChI=1S/C66H42N2O/c1-3-14-43(15-4-1)44-26-31-48(32-27-44)68(50-35-37-51(58(41-50)46-16-5-2-6-17-46)56-21-13-22-57-55-20-9-12-25-64(55)69-65(56)57)49-33-28-45(29-34-49)47-30-36-54-59-42-67-39-38-62(59)66(63(54)40-47)60-23-10-7-18-52(60)53-19-8-11-24-61(53)66/h1-42H. The molecule has 2 aliphatic carbocycles. The van der Waals surface area contributed by atoms with E-state index < -0.39 is 5.41 Å². The first kappa shape index (κ1) is 39.1. The highest BCUT2D eigenvalue weighted by Crippen LogP contribution is 2.63. The lowest BCUT2D eigenvalue weighted by Crippen LogP contribution is -2.25. The zero-order valence-electron chi connectivity index (χ0n) is 37.6. The van der Waals surface area contributed by atoms with E-state index in [1.165, 1.54) is 61.2 Å². The fourth-order valence-corrected chi connectivity index (χ4v) is 11.6. The molecule has 3 nitrogen and oxygen atoms in total. The Morgan fingerprint density at radius 3 is 1.57 bits per heavy atom. The molecule has 69 heavy (non-hydrogen) atoms. The van der Waals surface area contributed by atoms with Gasteiger partial charge in [0.25, 0.3) is 0 Å². The summed E-state index contributed by atoms with van der Waals surface area (Å²) in [6, 6.07) is 88.2. The van der Waals surface area contributed by atoms with Crippen molar-refractivity contribution in [1.29, 1.82) is 0 Å². The van der Waals surface area contributed by atoms with Gasteiger partial charge in [-0.05, 0) is 132 Å². The van der Waals surface area contributed by atoms with Gasteiger partial charge in [-0.1, -0.05) is 188 Å². The molecule has 0 aliphatic heterocycles. The Kier molecular flexibility index (Phi) is 8.80. The van der Waals surface area contributed by atoms with Crippen molar-refractivity contribution in [3.05, 3.63) is 277 Å². The third-order valence-electron chi connectivity index (χ3n) is 14.6. The average molecular weight is 879 g/mol. The Morgan fingerprint density at radius 2 is 0.841 bits per heavy atom. The second-order valence-electron chi connectivity index (χ2n) is 18.2. The monoisotopic (exact) mass is 878 g/mol. The molecule has 12 aromatic rings. The summed E-state index contributed by atoms with van der Waals surface area (Å²) in [7, 11) is 0. The smallest absolute Gasteiger partial charge is 0.143 e. The molecular weight excluding hydrogens is 837 g/mol.